The number of benzene rings is 1. The largest absolute Gasteiger partial charge is 0.351 e. The smallest absolute Gasteiger partial charge is 0.262 e. The number of carbonyl (C=O) groups is 1. The monoisotopic (exact) mass is 345 g/mol. The van der Waals surface area contributed by atoms with Crippen LogP contribution in [-0.2, 0) is 18.4 Å². The average Bonchev–Trinajstić information content (AvgIpc) is 3.04. The number of aromatic nitrogens is 2. The van der Waals surface area contributed by atoms with E-state index in [1.54, 1.807) is 13.1 Å². The zero-order valence-electron chi connectivity index (χ0n) is 12.5. The van der Waals surface area contributed by atoms with Crippen LogP contribution in [-0.4, -0.2) is 21.2 Å². The molecule has 0 radical (unpaired) electrons. The fourth-order valence-electron chi connectivity index (χ4n) is 2.09. The van der Waals surface area contributed by atoms with E-state index in [-0.39, 0.29) is 17.2 Å². The summed E-state index contributed by atoms with van der Waals surface area (Å²) in [5, 5.41) is 5.89. The van der Waals surface area contributed by atoms with Crippen molar-refractivity contribution in [1.29, 1.82) is 0 Å². The Morgan fingerprint density at radius 3 is 2.87 bits per heavy atom. The molecule has 0 saturated carbocycles. The molecule has 2 aromatic heterocycles. The third-order valence-electron chi connectivity index (χ3n) is 3.33. The van der Waals surface area contributed by atoms with Crippen LogP contribution in [0.25, 0.3) is 10.2 Å². The van der Waals surface area contributed by atoms with Crippen LogP contribution in [0.3, 0.4) is 0 Å². The van der Waals surface area contributed by atoms with E-state index in [4.69, 9.17) is 0 Å². The fraction of sp³-hybridized carbons (Fsp3) is 0.188. The predicted octanol–water partition coefficient (Wildman–Crippen LogP) is 2.40. The van der Waals surface area contributed by atoms with Gasteiger partial charge in [0.1, 0.15) is 4.83 Å². The van der Waals surface area contributed by atoms with Crippen molar-refractivity contribution in [3.8, 4) is 0 Å². The van der Waals surface area contributed by atoms with Gasteiger partial charge in [-0.05, 0) is 17.0 Å². The molecule has 2 heterocycles. The Bertz CT molecular complexity index is 887. The second-order valence-electron chi connectivity index (χ2n) is 4.95. The van der Waals surface area contributed by atoms with Gasteiger partial charge in [-0.25, -0.2) is 4.98 Å². The lowest BCUT2D eigenvalue weighted by atomic mass is 10.2. The summed E-state index contributed by atoms with van der Waals surface area (Å²) in [7, 11) is 1.68. The van der Waals surface area contributed by atoms with Gasteiger partial charge in [-0.3, -0.25) is 14.2 Å². The topological polar surface area (TPSA) is 64.0 Å². The first-order valence-corrected chi connectivity index (χ1v) is 8.89. The lowest BCUT2D eigenvalue weighted by Crippen LogP contribution is -2.25. The van der Waals surface area contributed by atoms with Crippen molar-refractivity contribution in [2.45, 2.75) is 11.7 Å². The zero-order chi connectivity index (χ0) is 16.2. The number of thioether (sulfide) groups is 1. The summed E-state index contributed by atoms with van der Waals surface area (Å²) in [6.45, 7) is 0.497. The number of rotatable bonds is 5. The molecule has 0 unspecified atom stereocenters. The van der Waals surface area contributed by atoms with E-state index in [1.165, 1.54) is 27.7 Å². The maximum Gasteiger partial charge on any atom is 0.262 e. The molecule has 0 aliphatic carbocycles. The van der Waals surface area contributed by atoms with Gasteiger partial charge in [0, 0.05) is 13.6 Å². The minimum Gasteiger partial charge on any atom is -0.351 e. The maximum absolute atomic E-state index is 12.2. The van der Waals surface area contributed by atoms with Gasteiger partial charge in [0.15, 0.2) is 5.16 Å². The molecule has 0 atom stereocenters. The van der Waals surface area contributed by atoms with Gasteiger partial charge >= 0.3 is 0 Å². The summed E-state index contributed by atoms with van der Waals surface area (Å²) < 4.78 is 1.49. The standard InChI is InChI=1S/C16H15N3O2S2/c1-19-15(21)12-7-8-22-14(12)18-16(19)23-10-13(20)17-9-11-5-3-2-4-6-11/h2-8H,9-10H2,1H3,(H,17,20). The van der Waals surface area contributed by atoms with Gasteiger partial charge in [0.05, 0.1) is 11.1 Å². The van der Waals surface area contributed by atoms with Gasteiger partial charge in [-0.1, -0.05) is 42.1 Å². The molecule has 5 nitrogen and oxygen atoms in total. The summed E-state index contributed by atoms with van der Waals surface area (Å²) in [4.78, 5) is 29.3. The molecule has 0 fully saturated rings. The predicted molar refractivity (Wildman–Crippen MR) is 93.9 cm³/mol. The molecule has 7 heteroatoms. The van der Waals surface area contributed by atoms with E-state index in [0.29, 0.717) is 21.9 Å². The number of fused-ring (bicyclic) bond motifs is 1. The molecule has 3 rings (SSSR count). The van der Waals surface area contributed by atoms with E-state index in [9.17, 15) is 9.59 Å². The van der Waals surface area contributed by atoms with Crippen molar-refractivity contribution >= 4 is 39.2 Å². The zero-order valence-corrected chi connectivity index (χ0v) is 14.1. The Hall–Kier alpha value is -2.12. The first-order valence-electron chi connectivity index (χ1n) is 7.03. The first-order chi connectivity index (χ1) is 11.1. The Morgan fingerprint density at radius 1 is 1.30 bits per heavy atom. The third kappa shape index (κ3) is 3.62. The molecule has 118 valence electrons. The van der Waals surface area contributed by atoms with E-state index in [1.807, 2.05) is 35.7 Å². The number of hydrogen-bond acceptors (Lipinski definition) is 5. The van der Waals surface area contributed by atoms with Crippen LogP contribution in [0.4, 0.5) is 0 Å². The first kappa shape index (κ1) is 15.8. The van der Waals surface area contributed by atoms with Crippen molar-refractivity contribution < 1.29 is 4.79 Å². The van der Waals surface area contributed by atoms with Gasteiger partial charge in [0.25, 0.3) is 5.56 Å². The molecule has 23 heavy (non-hydrogen) atoms. The van der Waals surface area contributed by atoms with Crippen molar-refractivity contribution in [2.24, 2.45) is 7.05 Å². The Balaban J connectivity index is 1.63. The van der Waals surface area contributed by atoms with Crippen LogP contribution < -0.4 is 10.9 Å². The van der Waals surface area contributed by atoms with Crippen LogP contribution in [0.15, 0.2) is 51.7 Å². The summed E-state index contributed by atoms with van der Waals surface area (Å²) in [6, 6.07) is 11.5. The molecule has 0 spiro atoms. The summed E-state index contributed by atoms with van der Waals surface area (Å²) in [6.07, 6.45) is 0. The van der Waals surface area contributed by atoms with Gasteiger partial charge < -0.3 is 5.32 Å². The Labute approximate surface area is 141 Å². The Morgan fingerprint density at radius 2 is 2.09 bits per heavy atom. The highest BCUT2D eigenvalue weighted by atomic mass is 32.2. The number of nitrogens with one attached hydrogen (secondary N) is 1. The molecule has 0 aliphatic rings. The normalized spacial score (nSPS) is 10.8. The maximum atomic E-state index is 12.2. The molecule has 1 N–H and O–H groups in total. The van der Waals surface area contributed by atoms with E-state index in [2.05, 4.69) is 10.3 Å². The molecule has 0 saturated heterocycles. The van der Waals surface area contributed by atoms with E-state index in [0.717, 1.165) is 5.56 Å². The number of hydrogen-bond donors (Lipinski definition) is 1. The van der Waals surface area contributed by atoms with Crippen molar-refractivity contribution in [1.82, 2.24) is 14.9 Å². The highest BCUT2D eigenvalue weighted by Gasteiger charge is 2.11. The summed E-state index contributed by atoms with van der Waals surface area (Å²) in [5.74, 6) is 0.142. The van der Waals surface area contributed by atoms with Gasteiger partial charge in [-0.15, -0.1) is 11.3 Å². The van der Waals surface area contributed by atoms with E-state index >= 15 is 0 Å². The fourth-order valence-corrected chi connectivity index (χ4v) is 3.69. The molecule has 0 bridgehead atoms. The molecule has 1 amide bonds. The molecule has 3 aromatic rings. The highest BCUT2D eigenvalue weighted by molar-refractivity contribution is 7.99. The van der Waals surface area contributed by atoms with Crippen molar-refractivity contribution in [3.63, 3.8) is 0 Å². The van der Waals surface area contributed by atoms with Crippen LogP contribution >= 0.6 is 23.1 Å². The van der Waals surface area contributed by atoms with Crippen LogP contribution in [0.2, 0.25) is 0 Å². The summed E-state index contributed by atoms with van der Waals surface area (Å²) >= 11 is 2.70. The molecule has 1 aromatic carbocycles. The number of carbonyl (C=O) groups excluding carboxylic acids is 1. The highest BCUT2D eigenvalue weighted by Crippen LogP contribution is 2.20. The quantitative estimate of drug-likeness (QED) is 0.570. The van der Waals surface area contributed by atoms with Crippen LogP contribution in [0.1, 0.15) is 5.56 Å². The second kappa shape index (κ2) is 6.97. The van der Waals surface area contributed by atoms with Gasteiger partial charge in [0.2, 0.25) is 5.91 Å². The molecular formula is C16H15N3O2S2. The average molecular weight is 345 g/mol. The number of amides is 1. The molecule has 0 aliphatic heterocycles. The lowest BCUT2D eigenvalue weighted by molar-refractivity contribution is -0.118. The third-order valence-corrected chi connectivity index (χ3v) is 5.17. The van der Waals surface area contributed by atoms with Crippen molar-refractivity contribution in [2.75, 3.05) is 5.75 Å². The molecular weight excluding hydrogens is 330 g/mol. The Kier molecular flexibility index (Phi) is 4.78. The minimum absolute atomic E-state index is 0.0801. The summed E-state index contributed by atoms with van der Waals surface area (Å²) in [5.41, 5.74) is 0.972. The number of nitrogens with zero attached hydrogens (tertiary/aromatic N) is 2. The van der Waals surface area contributed by atoms with Crippen LogP contribution in [0, 0.1) is 0 Å². The minimum atomic E-state index is -0.0839. The second-order valence-corrected chi connectivity index (χ2v) is 6.79. The van der Waals surface area contributed by atoms with E-state index < -0.39 is 0 Å². The lowest BCUT2D eigenvalue weighted by Gasteiger charge is -2.08. The SMILES string of the molecule is Cn1c(SCC(=O)NCc2ccccc2)nc2sccc2c1=O. The van der Waals surface area contributed by atoms with Crippen LogP contribution in [0.5, 0.6) is 0 Å². The van der Waals surface area contributed by atoms with Crippen molar-refractivity contribution in [3.05, 3.63) is 57.7 Å². The van der Waals surface area contributed by atoms with Gasteiger partial charge in [-0.2, -0.15) is 0 Å². The number of thiophene rings is 1.